The van der Waals surface area contributed by atoms with Crippen LogP contribution < -0.4 is 16.4 Å². The molecule has 38 heavy (non-hydrogen) atoms. The van der Waals surface area contributed by atoms with Gasteiger partial charge in [-0.2, -0.15) is 13.2 Å². The van der Waals surface area contributed by atoms with Gasteiger partial charge < -0.3 is 16.4 Å². The zero-order chi connectivity index (χ0) is 28.1. The number of hydrogen-bond donors (Lipinski definition) is 3. The van der Waals surface area contributed by atoms with E-state index in [1.165, 1.54) is 0 Å². The maximum absolute atomic E-state index is 13.7. The van der Waals surface area contributed by atoms with Crippen LogP contribution in [0.25, 0.3) is 0 Å². The number of halogens is 3. The Hall–Kier alpha value is -3.23. The number of carbonyl (C=O) groups is 1. The maximum atomic E-state index is 13.7. The molecule has 2 aromatic rings. The maximum Gasteiger partial charge on any atom is 0.416 e. The fraction of sp³-hybridized carbons (Fsp3) is 0.300. The van der Waals surface area contributed by atoms with Crippen molar-refractivity contribution < 1.29 is 18.0 Å². The highest BCUT2D eigenvalue weighted by Crippen LogP contribution is 2.36. The number of amides is 1. The van der Waals surface area contributed by atoms with Gasteiger partial charge in [-0.1, -0.05) is 63.3 Å². The quantitative estimate of drug-likeness (QED) is 0.175. The highest BCUT2D eigenvalue weighted by atomic mass is 32.2. The van der Waals surface area contributed by atoms with E-state index in [1.54, 1.807) is 49.0 Å². The van der Waals surface area contributed by atoms with Gasteiger partial charge in [-0.05, 0) is 71.5 Å². The van der Waals surface area contributed by atoms with Crippen molar-refractivity contribution in [3.63, 3.8) is 0 Å². The third-order valence-corrected chi connectivity index (χ3v) is 6.60. The fourth-order valence-corrected chi connectivity index (χ4v) is 4.52. The molecule has 1 amide bonds. The first-order valence-electron chi connectivity index (χ1n) is 12.6. The van der Waals surface area contributed by atoms with E-state index in [2.05, 4.69) is 24.1 Å². The molecule has 4 N–H and O–H groups in total. The lowest BCUT2D eigenvalue weighted by atomic mass is 9.94. The molecule has 2 rings (SSSR count). The minimum Gasteiger partial charge on any atom is -0.351 e. The lowest BCUT2D eigenvalue weighted by Gasteiger charge is -2.19. The van der Waals surface area contributed by atoms with Crippen LogP contribution in [0, 0.1) is 0 Å². The molecular formula is C30H36F3N3OS. The molecule has 0 heterocycles. The van der Waals surface area contributed by atoms with Crippen molar-refractivity contribution in [3.8, 4) is 0 Å². The smallest absolute Gasteiger partial charge is 0.351 e. The van der Waals surface area contributed by atoms with Gasteiger partial charge in [0.25, 0.3) is 5.91 Å². The molecule has 0 aliphatic rings. The van der Waals surface area contributed by atoms with E-state index in [4.69, 9.17) is 5.73 Å². The molecule has 0 saturated heterocycles. The van der Waals surface area contributed by atoms with Crippen LogP contribution in [0.1, 0.15) is 57.1 Å². The normalized spacial score (nSPS) is 13.4. The van der Waals surface area contributed by atoms with Gasteiger partial charge in [-0.3, -0.25) is 4.79 Å². The summed E-state index contributed by atoms with van der Waals surface area (Å²) in [4.78, 5) is 14.3. The van der Waals surface area contributed by atoms with E-state index in [-0.39, 0.29) is 24.6 Å². The summed E-state index contributed by atoms with van der Waals surface area (Å²) < 4.78 is 41.1. The first kappa shape index (κ1) is 31.0. The summed E-state index contributed by atoms with van der Waals surface area (Å²) in [5, 5.41) is 7.60. The van der Waals surface area contributed by atoms with Gasteiger partial charge in [-0.15, -0.1) is 11.8 Å². The second kappa shape index (κ2) is 15.2. The Kier molecular flexibility index (Phi) is 12.4. The minimum atomic E-state index is -4.61. The van der Waals surface area contributed by atoms with Crippen LogP contribution in [0.4, 0.5) is 24.5 Å². The predicted octanol–water partition coefficient (Wildman–Crippen LogP) is 8.64. The molecule has 1 unspecified atom stereocenters. The van der Waals surface area contributed by atoms with E-state index < -0.39 is 17.7 Å². The summed E-state index contributed by atoms with van der Waals surface area (Å²) in [6, 6.07) is 14.2. The van der Waals surface area contributed by atoms with Crippen molar-refractivity contribution >= 4 is 29.0 Å². The Bertz CT molecular complexity index is 1190. The Labute approximate surface area is 228 Å². The number of anilines is 2. The van der Waals surface area contributed by atoms with Gasteiger partial charge in [0.1, 0.15) is 5.70 Å². The van der Waals surface area contributed by atoms with E-state index in [0.29, 0.717) is 11.4 Å². The van der Waals surface area contributed by atoms with Crippen molar-refractivity contribution in [2.75, 3.05) is 10.6 Å². The minimum absolute atomic E-state index is 0.0644. The average molecular weight is 544 g/mol. The van der Waals surface area contributed by atoms with Crippen LogP contribution in [-0.2, 0) is 11.3 Å². The molecule has 0 spiro atoms. The van der Waals surface area contributed by atoms with E-state index >= 15 is 0 Å². The van der Waals surface area contributed by atoms with Gasteiger partial charge >= 0.3 is 6.18 Å². The Morgan fingerprint density at radius 1 is 1.11 bits per heavy atom. The number of nitrogens with one attached hydrogen (secondary N) is 2. The molecule has 0 radical (unpaired) electrons. The monoisotopic (exact) mass is 543 g/mol. The van der Waals surface area contributed by atoms with Crippen LogP contribution >= 0.6 is 11.8 Å². The number of allylic oxidation sites excluding steroid dienone is 5. The van der Waals surface area contributed by atoms with Crippen molar-refractivity contribution in [1.82, 2.24) is 0 Å². The molecule has 4 nitrogen and oxygen atoms in total. The number of nitrogens with two attached hydrogens (primary N) is 1. The summed E-state index contributed by atoms with van der Waals surface area (Å²) in [5.41, 5.74) is 7.26. The van der Waals surface area contributed by atoms with Gasteiger partial charge in [0.2, 0.25) is 0 Å². The second-order valence-corrected chi connectivity index (χ2v) is 9.66. The van der Waals surface area contributed by atoms with Crippen molar-refractivity contribution in [2.24, 2.45) is 5.73 Å². The molecule has 0 aliphatic carbocycles. The van der Waals surface area contributed by atoms with Crippen LogP contribution in [0.5, 0.6) is 0 Å². The number of thioether (sulfide) groups is 1. The molecule has 0 saturated carbocycles. The lowest BCUT2D eigenvalue weighted by Crippen LogP contribution is -2.22. The highest BCUT2D eigenvalue weighted by Gasteiger charge is 2.32. The summed E-state index contributed by atoms with van der Waals surface area (Å²) in [6.45, 7) is 10.1. The van der Waals surface area contributed by atoms with Gasteiger partial charge in [-0.25, -0.2) is 0 Å². The molecule has 0 bridgehead atoms. The molecule has 0 fully saturated rings. The molecule has 204 valence electrons. The zero-order valence-electron chi connectivity index (χ0n) is 22.1. The molecule has 0 aromatic heterocycles. The van der Waals surface area contributed by atoms with Crippen LogP contribution in [0.15, 0.2) is 94.9 Å². The number of hydrogen-bond acceptors (Lipinski definition) is 4. The summed E-state index contributed by atoms with van der Waals surface area (Å²) in [6.07, 6.45) is 1.21. The van der Waals surface area contributed by atoms with Crippen LogP contribution in [0.3, 0.4) is 0 Å². The first-order chi connectivity index (χ1) is 18.1. The SMILES string of the molecule is C=C(S/C=C\C)C(CCC)c1cccc(NC(=O)/C(=C/C(=C/CC)C(F)(F)F)Nc2cccc(CN)c2)c1. The van der Waals surface area contributed by atoms with E-state index in [0.717, 1.165) is 41.0 Å². The summed E-state index contributed by atoms with van der Waals surface area (Å²) >= 11 is 1.56. The third kappa shape index (κ3) is 9.58. The number of carbonyl (C=O) groups excluding carboxylic acids is 1. The van der Waals surface area contributed by atoms with Crippen LogP contribution in [0.2, 0.25) is 0 Å². The average Bonchev–Trinajstić information content (AvgIpc) is 2.89. The second-order valence-electron chi connectivity index (χ2n) is 8.63. The number of alkyl halides is 3. The highest BCUT2D eigenvalue weighted by molar-refractivity contribution is 8.05. The standard InChI is InChI=1S/C30H36F3N3OS/c1-5-10-24(30(31,32)33)19-28(35-25-14-8-12-22(17-25)20-34)29(37)36-26-15-9-13-23(18-26)27(11-6-2)21(4)38-16-7-3/h7-10,12-19,27,35H,4-6,11,20,34H2,1-3H3,(H,36,37)/b16-7-,24-10-,28-19-. The van der Waals surface area contributed by atoms with Crippen LogP contribution in [-0.4, -0.2) is 12.1 Å². The van der Waals surface area contributed by atoms with Gasteiger partial charge in [0.15, 0.2) is 0 Å². The predicted molar refractivity (Wildman–Crippen MR) is 155 cm³/mol. The molecule has 8 heteroatoms. The first-order valence-corrected chi connectivity index (χ1v) is 13.4. The Morgan fingerprint density at radius 2 is 1.79 bits per heavy atom. The summed E-state index contributed by atoms with van der Waals surface area (Å²) in [5.74, 6) is -0.629. The van der Waals surface area contributed by atoms with Gasteiger partial charge in [0.05, 0.1) is 5.57 Å². The third-order valence-electron chi connectivity index (χ3n) is 5.61. The molecule has 0 aliphatic heterocycles. The largest absolute Gasteiger partial charge is 0.416 e. The van der Waals surface area contributed by atoms with E-state index in [9.17, 15) is 18.0 Å². The number of rotatable bonds is 13. The molecule has 2 aromatic carbocycles. The van der Waals surface area contributed by atoms with Gasteiger partial charge in [0, 0.05) is 23.8 Å². The topological polar surface area (TPSA) is 67.2 Å². The fourth-order valence-electron chi connectivity index (χ4n) is 3.79. The summed E-state index contributed by atoms with van der Waals surface area (Å²) in [7, 11) is 0. The van der Waals surface area contributed by atoms with Crippen molar-refractivity contribution in [3.05, 3.63) is 106 Å². The van der Waals surface area contributed by atoms with Crippen molar-refractivity contribution in [2.45, 2.75) is 58.7 Å². The molecular weight excluding hydrogens is 507 g/mol. The van der Waals surface area contributed by atoms with Crippen molar-refractivity contribution in [1.29, 1.82) is 0 Å². The lowest BCUT2D eigenvalue weighted by molar-refractivity contribution is -0.112. The number of benzene rings is 2. The molecule has 1 atom stereocenters. The van der Waals surface area contributed by atoms with E-state index in [1.807, 2.05) is 36.6 Å². The zero-order valence-corrected chi connectivity index (χ0v) is 22.9. The Morgan fingerprint density at radius 3 is 2.39 bits per heavy atom. The Balaban J connectivity index is 2.43.